The molecule has 0 fully saturated rings. The number of hydrogen-bond acceptors (Lipinski definition) is 8. The molecule has 0 heterocycles. The molecule has 3 aromatic rings. The van der Waals surface area contributed by atoms with Crippen molar-refractivity contribution in [3.8, 4) is 0 Å². The second-order valence-electron chi connectivity index (χ2n) is 9.01. The van der Waals surface area contributed by atoms with Crippen molar-refractivity contribution in [3.05, 3.63) is 95.6 Å². The van der Waals surface area contributed by atoms with E-state index < -0.39 is 43.6 Å². The maximum Gasteiger partial charge on any atom is 0.329 e. The Morgan fingerprint density at radius 2 is 1.26 bits per heavy atom. The molecule has 0 aliphatic heterocycles. The molecule has 3 rings (SSSR count). The molecule has 202 valence electrons. The van der Waals surface area contributed by atoms with Crippen molar-refractivity contribution in [1.29, 1.82) is 0 Å². The van der Waals surface area contributed by atoms with Gasteiger partial charge in [0.25, 0.3) is 0 Å². The van der Waals surface area contributed by atoms with Gasteiger partial charge in [0.2, 0.25) is 5.91 Å². The number of nitrogens with two attached hydrogens (primary N) is 1. The van der Waals surface area contributed by atoms with Gasteiger partial charge >= 0.3 is 5.97 Å². The molecular weight excluding hydrogens is 528 g/mol. The Bertz CT molecular complexity index is 1510. The van der Waals surface area contributed by atoms with E-state index in [4.69, 9.17) is 10.5 Å². The quantitative estimate of drug-likeness (QED) is 0.339. The molecule has 2 unspecified atom stereocenters. The summed E-state index contributed by atoms with van der Waals surface area (Å²) in [6, 6.07) is 19.0. The van der Waals surface area contributed by atoms with Crippen LogP contribution in [0.2, 0.25) is 0 Å². The lowest BCUT2D eigenvalue weighted by atomic mass is 10.0. The molecule has 0 radical (unpaired) electrons. The third kappa shape index (κ3) is 8.51. The van der Waals surface area contributed by atoms with Crippen LogP contribution in [0.4, 0.5) is 0 Å². The fraction of sp³-hybridized carbons (Fsp3) is 0.259. The highest BCUT2D eigenvalue weighted by atomic mass is 32.2. The van der Waals surface area contributed by atoms with E-state index in [0.29, 0.717) is 11.1 Å². The number of esters is 1. The Hall–Kier alpha value is -3.54. The van der Waals surface area contributed by atoms with E-state index in [0.717, 1.165) is 18.1 Å². The fourth-order valence-corrected chi connectivity index (χ4v) is 5.07. The Morgan fingerprint density at radius 1 is 0.763 bits per heavy atom. The van der Waals surface area contributed by atoms with Crippen LogP contribution in [0, 0.1) is 0 Å². The van der Waals surface area contributed by atoms with Crippen molar-refractivity contribution in [1.82, 2.24) is 5.32 Å². The van der Waals surface area contributed by atoms with E-state index in [2.05, 4.69) is 5.32 Å². The van der Waals surface area contributed by atoms with Crippen molar-refractivity contribution in [2.24, 2.45) is 5.73 Å². The molecule has 0 saturated heterocycles. The molecule has 3 aromatic carbocycles. The normalized spacial score (nSPS) is 13.3. The predicted octanol–water partition coefficient (Wildman–Crippen LogP) is 1.83. The summed E-state index contributed by atoms with van der Waals surface area (Å²) in [4.78, 5) is 26.2. The van der Waals surface area contributed by atoms with Gasteiger partial charge in [-0.25, -0.2) is 21.6 Å². The highest BCUT2D eigenvalue weighted by Crippen LogP contribution is 2.15. The molecule has 0 saturated carbocycles. The average Bonchev–Trinajstić information content (AvgIpc) is 2.86. The van der Waals surface area contributed by atoms with Crippen molar-refractivity contribution >= 4 is 31.6 Å². The van der Waals surface area contributed by atoms with E-state index in [1.165, 1.54) is 24.3 Å². The zero-order valence-corrected chi connectivity index (χ0v) is 22.7. The highest BCUT2D eigenvalue weighted by Gasteiger charge is 2.26. The van der Waals surface area contributed by atoms with Crippen LogP contribution in [0.1, 0.15) is 16.7 Å². The van der Waals surface area contributed by atoms with Crippen LogP contribution in [0.3, 0.4) is 0 Å². The maximum atomic E-state index is 13.0. The van der Waals surface area contributed by atoms with Crippen molar-refractivity contribution in [2.45, 2.75) is 41.3 Å². The zero-order valence-electron chi connectivity index (χ0n) is 21.0. The molecule has 2 atom stereocenters. The van der Waals surface area contributed by atoms with E-state index in [-0.39, 0.29) is 29.2 Å². The van der Waals surface area contributed by atoms with Crippen LogP contribution in [0.25, 0.3) is 0 Å². The molecule has 9 nitrogen and oxygen atoms in total. The summed E-state index contributed by atoms with van der Waals surface area (Å²) >= 11 is 0. The van der Waals surface area contributed by atoms with Gasteiger partial charge in [0.15, 0.2) is 19.7 Å². The summed E-state index contributed by atoms with van der Waals surface area (Å²) in [6.45, 7) is -0.0141. The monoisotopic (exact) mass is 558 g/mol. The van der Waals surface area contributed by atoms with Crippen molar-refractivity contribution in [3.63, 3.8) is 0 Å². The number of sulfone groups is 2. The molecule has 38 heavy (non-hydrogen) atoms. The van der Waals surface area contributed by atoms with Crippen molar-refractivity contribution in [2.75, 3.05) is 12.5 Å². The summed E-state index contributed by atoms with van der Waals surface area (Å²) in [7, 11) is -6.91. The predicted molar refractivity (Wildman–Crippen MR) is 143 cm³/mol. The lowest BCUT2D eigenvalue weighted by Crippen LogP contribution is -2.50. The first-order valence-electron chi connectivity index (χ1n) is 11.7. The molecule has 11 heteroatoms. The lowest BCUT2D eigenvalue weighted by molar-refractivity contribution is -0.149. The van der Waals surface area contributed by atoms with Gasteiger partial charge < -0.3 is 15.8 Å². The van der Waals surface area contributed by atoms with Gasteiger partial charge in [0, 0.05) is 18.9 Å². The summed E-state index contributed by atoms with van der Waals surface area (Å²) in [5.74, 6) is -1.35. The number of nitrogens with one attached hydrogen (secondary N) is 1. The number of benzene rings is 3. The standard InChI is InChI=1S/C27H30N2O7S2/c1-37(32,33)22-12-6-10-20(14-22)16-24(28)26(30)29-25(27(31)36-18-19-8-4-3-5-9-19)17-21-11-7-13-23(15-21)38(2,34)35/h3-15,24-25H,16-18,28H2,1-2H3,(H,29,30). The molecule has 0 aliphatic carbocycles. The molecule has 0 aromatic heterocycles. The molecule has 1 amide bonds. The topological polar surface area (TPSA) is 150 Å². The minimum atomic E-state index is -3.48. The number of amides is 1. The maximum absolute atomic E-state index is 13.0. The third-order valence-electron chi connectivity index (χ3n) is 5.71. The Labute approximate surface area is 222 Å². The number of carbonyl (C=O) groups excluding carboxylic acids is 2. The van der Waals surface area contributed by atoms with Gasteiger partial charge in [-0.3, -0.25) is 4.79 Å². The lowest BCUT2D eigenvalue weighted by Gasteiger charge is -2.21. The van der Waals surface area contributed by atoms with E-state index in [1.807, 2.05) is 6.07 Å². The van der Waals surface area contributed by atoms with Gasteiger partial charge in [-0.2, -0.15) is 0 Å². The number of hydrogen-bond donors (Lipinski definition) is 2. The van der Waals surface area contributed by atoms with Gasteiger partial charge in [-0.05, 0) is 47.4 Å². The van der Waals surface area contributed by atoms with Crippen LogP contribution in [-0.2, 0) is 53.4 Å². The minimum absolute atomic E-state index is 0.0141. The van der Waals surface area contributed by atoms with Crippen LogP contribution in [0.15, 0.2) is 88.7 Å². The molecule has 3 N–H and O–H groups in total. The molecular formula is C27H30N2O7S2. The number of rotatable bonds is 11. The summed E-state index contributed by atoms with van der Waals surface area (Å²) in [5.41, 5.74) is 7.91. The highest BCUT2D eigenvalue weighted by molar-refractivity contribution is 7.91. The molecule has 0 bridgehead atoms. The Morgan fingerprint density at radius 3 is 1.79 bits per heavy atom. The summed E-state index contributed by atoms with van der Waals surface area (Å²) < 4.78 is 53.1. The fourth-order valence-electron chi connectivity index (χ4n) is 3.69. The van der Waals surface area contributed by atoms with Gasteiger partial charge in [-0.15, -0.1) is 0 Å². The molecule has 0 aliphatic rings. The van der Waals surface area contributed by atoms with E-state index in [9.17, 15) is 26.4 Å². The van der Waals surface area contributed by atoms with Gasteiger partial charge in [0.05, 0.1) is 15.8 Å². The average molecular weight is 559 g/mol. The number of carbonyl (C=O) groups is 2. The van der Waals surface area contributed by atoms with Crippen LogP contribution in [0.5, 0.6) is 0 Å². The molecule has 0 spiro atoms. The largest absolute Gasteiger partial charge is 0.459 e. The Balaban J connectivity index is 1.78. The van der Waals surface area contributed by atoms with Crippen LogP contribution < -0.4 is 11.1 Å². The first-order valence-corrected chi connectivity index (χ1v) is 15.5. The van der Waals surface area contributed by atoms with Gasteiger partial charge in [-0.1, -0.05) is 54.6 Å². The van der Waals surface area contributed by atoms with Crippen molar-refractivity contribution < 1.29 is 31.2 Å². The SMILES string of the molecule is CS(=O)(=O)c1cccc(CC(N)C(=O)NC(Cc2cccc(S(C)(=O)=O)c2)C(=O)OCc2ccccc2)c1. The van der Waals surface area contributed by atoms with E-state index in [1.54, 1.807) is 48.5 Å². The van der Waals surface area contributed by atoms with Crippen LogP contribution >= 0.6 is 0 Å². The smallest absolute Gasteiger partial charge is 0.329 e. The first kappa shape index (κ1) is 29.0. The summed E-state index contributed by atoms with van der Waals surface area (Å²) in [5, 5.41) is 2.62. The second kappa shape index (κ2) is 12.3. The summed E-state index contributed by atoms with van der Waals surface area (Å²) in [6.07, 6.45) is 2.17. The first-order chi connectivity index (χ1) is 17.8. The number of ether oxygens (including phenoxy) is 1. The van der Waals surface area contributed by atoms with Gasteiger partial charge in [0.1, 0.15) is 12.6 Å². The Kier molecular flexibility index (Phi) is 9.42. The second-order valence-corrected chi connectivity index (χ2v) is 13.0. The zero-order chi connectivity index (χ0) is 27.9. The third-order valence-corrected chi connectivity index (χ3v) is 7.93. The van der Waals surface area contributed by atoms with Crippen LogP contribution in [-0.4, -0.2) is 53.3 Å². The minimum Gasteiger partial charge on any atom is -0.459 e. The van der Waals surface area contributed by atoms with E-state index >= 15 is 0 Å².